The largest absolute Gasteiger partial charge is 0.392 e. The molecule has 1 heterocycles. The van der Waals surface area contributed by atoms with Crippen molar-refractivity contribution in [3.05, 3.63) is 61.6 Å². The van der Waals surface area contributed by atoms with E-state index in [0.717, 1.165) is 19.0 Å². The van der Waals surface area contributed by atoms with Gasteiger partial charge in [0.2, 0.25) is 10.0 Å². The van der Waals surface area contributed by atoms with Gasteiger partial charge in [0, 0.05) is 48.3 Å². The number of hydrogen-bond donors (Lipinski definition) is 1. The highest BCUT2D eigenvalue weighted by Gasteiger charge is 2.31. The summed E-state index contributed by atoms with van der Waals surface area (Å²) >= 11 is 9.00. The lowest BCUT2D eigenvalue weighted by Crippen LogP contribution is -2.49. The molecule has 3 rings (SSSR count). The zero-order valence-electron chi connectivity index (χ0n) is 15.4. The van der Waals surface area contributed by atoms with E-state index in [9.17, 15) is 18.5 Å². The number of rotatable bonds is 6. The molecule has 0 saturated carbocycles. The first-order valence-corrected chi connectivity index (χ1v) is 11.5. The third kappa shape index (κ3) is 5.07. The van der Waals surface area contributed by atoms with Crippen molar-refractivity contribution in [2.75, 3.05) is 38.5 Å². The van der Waals surface area contributed by atoms with E-state index in [0.29, 0.717) is 31.2 Å². The standard InChI is InChI=1S/C18H20BrClN4O4S/c19-16-11-15(12-17(18(16)21)24(25)26)29(27,28)23-9-7-22(8-10-23)6-5-13-1-3-14(20)4-2-13/h1-4,11-12H,5-10,21H2. The first kappa shape index (κ1) is 22.0. The fourth-order valence-corrected chi connectivity index (χ4v) is 5.36. The van der Waals surface area contributed by atoms with Crippen molar-refractivity contribution in [3.63, 3.8) is 0 Å². The highest BCUT2D eigenvalue weighted by Crippen LogP contribution is 2.34. The summed E-state index contributed by atoms with van der Waals surface area (Å²) in [6.07, 6.45) is 0.848. The van der Waals surface area contributed by atoms with Gasteiger partial charge in [0.15, 0.2) is 0 Å². The molecule has 11 heteroatoms. The van der Waals surface area contributed by atoms with E-state index in [4.69, 9.17) is 17.3 Å². The van der Waals surface area contributed by atoms with Gasteiger partial charge in [-0.2, -0.15) is 4.31 Å². The molecule has 0 bridgehead atoms. The van der Waals surface area contributed by atoms with Gasteiger partial charge in [-0.3, -0.25) is 10.1 Å². The molecule has 0 radical (unpaired) electrons. The van der Waals surface area contributed by atoms with Crippen LogP contribution >= 0.6 is 27.5 Å². The van der Waals surface area contributed by atoms with Crippen LogP contribution in [-0.2, 0) is 16.4 Å². The van der Waals surface area contributed by atoms with Gasteiger partial charge in [-0.1, -0.05) is 23.7 Å². The average molecular weight is 504 g/mol. The average Bonchev–Trinajstić information content (AvgIpc) is 2.69. The van der Waals surface area contributed by atoms with Gasteiger partial charge in [-0.15, -0.1) is 0 Å². The number of halogens is 2. The predicted octanol–water partition coefficient (Wildman–Crippen LogP) is 3.14. The highest BCUT2D eigenvalue weighted by atomic mass is 79.9. The van der Waals surface area contributed by atoms with Gasteiger partial charge in [-0.05, 0) is 46.1 Å². The van der Waals surface area contributed by atoms with Crippen LogP contribution < -0.4 is 5.73 Å². The number of sulfonamides is 1. The van der Waals surface area contributed by atoms with E-state index in [1.807, 2.05) is 24.3 Å². The maximum atomic E-state index is 13.0. The first-order chi connectivity index (χ1) is 13.7. The number of nitro groups is 1. The van der Waals surface area contributed by atoms with Gasteiger partial charge in [0.1, 0.15) is 5.69 Å². The number of nitro benzene ring substituents is 1. The normalized spacial score (nSPS) is 16.1. The fraction of sp³-hybridized carbons (Fsp3) is 0.333. The molecule has 1 aliphatic rings. The Labute approximate surface area is 182 Å². The van der Waals surface area contributed by atoms with Crippen molar-refractivity contribution in [2.24, 2.45) is 0 Å². The fourth-order valence-electron chi connectivity index (χ4n) is 3.16. The molecule has 8 nitrogen and oxygen atoms in total. The molecular weight excluding hydrogens is 484 g/mol. The molecule has 0 atom stereocenters. The Balaban J connectivity index is 1.65. The van der Waals surface area contributed by atoms with Crippen LogP contribution in [0.1, 0.15) is 5.56 Å². The van der Waals surface area contributed by atoms with E-state index >= 15 is 0 Å². The molecule has 1 fully saturated rings. The second kappa shape index (κ2) is 8.97. The monoisotopic (exact) mass is 502 g/mol. The molecule has 2 aromatic carbocycles. The Kier molecular flexibility index (Phi) is 6.79. The third-order valence-electron chi connectivity index (χ3n) is 4.88. The van der Waals surface area contributed by atoms with Gasteiger partial charge < -0.3 is 10.6 Å². The van der Waals surface area contributed by atoms with Crippen LogP contribution in [0.15, 0.2) is 45.8 Å². The Morgan fingerprint density at radius 2 is 1.76 bits per heavy atom. The summed E-state index contributed by atoms with van der Waals surface area (Å²) in [7, 11) is -3.85. The molecule has 1 aliphatic heterocycles. The first-order valence-electron chi connectivity index (χ1n) is 8.89. The smallest absolute Gasteiger partial charge is 0.294 e. The molecule has 0 spiro atoms. The number of benzene rings is 2. The zero-order chi connectivity index (χ0) is 21.2. The number of anilines is 1. The topological polar surface area (TPSA) is 110 Å². The molecule has 156 valence electrons. The lowest BCUT2D eigenvalue weighted by Gasteiger charge is -2.34. The van der Waals surface area contributed by atoms with Crippen molar-refractivity contribution in [2.45, 2.75) is 11.3 Å². The summed E-state index contributed by atoms with van der Waals surface area (Å²) in [5, 5.41) is 11.9. The SMILES string of the molecule is Nc1c(Br)cc(S(=O)(=O)N2CCN(CCc3ccc(Cl)cc3)CC2)cc1[N+](=O)[O-]. The van der Waals surface area contributed by atoms with Gasteiger partial charge in [0.25, 0.3) is 5.69 Å². The molecule has 2 aromatic rings. The lowest BCUT2D eigenvalue weighted by atomic mass is 10.1. The molecule has 0 aliphatic carbocycles. The summed E-state index contributed by atoms with van der Waals surface area (Å²) in [5.41, 5.74) is 6.31. The minimum Gasteiger partial charge on any atom is -0.392 e. The molecule has 0 aromatic heterocycles. The third-order valence-corrected chi connectivity index (χ3v) is 7.66. The Morgan fingerprint density at radius 3 is 2.34 bits per heavy atom. The molecule has 0 unspecified atom stereocenters. The van der Waals surface area contributed by atoms with E-state index in [1.165, 1.54) is 15.9 Å². The van der Waals surface area contributed by atoms with Crippen molar-refractivity contribution < 1.29 is 13.3 Å². The Morgan fingerprint density at radius 1 is 1.14 bits per heavy atom. The minimum atomic E-state index is -3.85. The maximum Gasteiger partial charge on any atom is 0.294 e. The highest BCUT2D eigenvalue weighted by molar-refractivity contribution is 9.10. The van der Waals surface area contributed by atoms with Crippen LogP contribution in [-0.4, -0.2) is 55.3 Å². The van der Waals surface area contributed by atoms with Gasteiger partial charge in [0.05, 0.1) is 9.82 Å². The number of nitrogen functional groups attached to an aromatic ring is 1. The number of piperazine rings is 1. The van der Waals surface area contributed by atoms with Crippen LogP contribution in [0.4, 0.5) is 11.4 Å². The Hall–Kier alpha value is -1.72. The molecule has 29 heavy (non-hydrogen) atoms. The van der Waals surface area contributed by atoms with Crippen LogP contribution in [0.25, 0.3) is 0 Å². The number of nitrogens with two attached hydrogens (primary N) is 1. The van der Waals surface area contributed by atoms with Crippen LogP contribution in [0.2, 0.25) is 5.02 Å². The quantitative estimate of drug-likeness (QED) is 0.368. The second-order valence-corrected chi connectivity index (χ2v) is 9.95. The summed E-state index contributed by atoms with van der Waals surface area (Å²) in [6.45, 7) is 2.63. The van der Waals surface area contributed by atoms with Crippen molar-refractivity contribution in [1.82, 2.24) is 9.21 Å². The van der Waals surface area contributed by atoms with Crippen LogP contribution in [0.5, 0.6) is 0 Å². The van der Waals surface area contributed by atoms with Gasteiger partial charge >= 0.3 is 0 Å². The number of nitrogens with zero attached hydrogens (tertiary/aromatic N) is 3. The maximum absolute atomic E-state index is 13.0. The van der Waals surface area contributed by atoms with E-state index < -0.39 is 20.6 Å². The summed E-state index contributed by atoms with van der Waals surface area (Å²) in [4.78, 5) is 12.5. The lowest BCUT2D eigenvalue weighted by molar-refractivity contribution is -0.384. The van der Waals surface area contributed by atoms with Crippen molar-refractivity contribution in [1.29, 1.82) is 0 Å². The summed E-state index contributed by atoms with van der Waals surface area (Å²) in [6, 6.07) is 9.99. The van der Waals surface area contributed by atoms with E-state index in [-0.39, 0.29) is 15.1 Å². The van der Waals surface area contributed by atoms with Crippen molar-refractivity contribution >= 4 is 48.9 Å². The van der Waals surface area contributed by atoms with Crippen molar-refractivity contribution in [3.8, 4) is 0 Å². The van der Waals surface area contributed by atoms with E-state index in [1.54, 1.807) is 0 Å². The molecule has 0 amide bonds. The van der Waals surface area contributed by atoms with E-state index in [2.05, 4.69) is 20.8 Å². The Bertz CT molecular complexity index is 1010. The number of hydrogen-bond acceptors (Lipinski definition) is 6. The predicted molar refractivity (Wildman–Crippen MR) is 116 cm³/mol. The summed E-state index contributed by atoms with van der Waals surface area (Å²) < 4.78 is 27.4. The van der Waals surface area contributed by atoms with Gasteiger partial charge in [-0.25, -0.2) is 8.42 Å². The van der Waals surface area contributed by atoms with Crippen LogP contribution in [0.3, 0.4) is 0 Å². The molecule has 2 N–H and O–H groups in total. The molecular formula is C18H20BrClN4O4S. The molecule has 1 saturated heterocycles. The zero-order valence-corrected chi connectivity index (χ0v) is 18.6. The minimum absolute atomic E-state index is 0.0963. The summed E-state index contributed by atoms with van der Waals surface area (Å²) in [5.74, 6) is 0. The van der Waals surface area contributed by atoms with Crippen LogP contribution in [0, 0.1) is 10.1 Å². The second-order valence-electron chi connectivity index (χ2n) is 6.72.